The summed E-state index contributed by atoms with van der Waals surface area (Å²) in [5, 5.41) is 11.6. The third-order valence-electron chi connectivity index (χ3n) is 5.77. The highest BCUT2D eigenvalue weighted by Crippen LogP contribution is 2.60. The Balaban J connectivity index is 1.83. The first-order valence-electron chi connectivity index (χ1n) is 9.48. The summed E-state index contributed by atoms with van der Waals surface area (Å²) in [5.41, 5.74) is -3.69. The van der Waals surface area contributed by atoms with Crippen LogP contribution in [-0.2, 0) is 33.4 Å². The molecule has 4 unspecified atom stereocenters. The molecule has 168 valence electrons. The van der Waals surface area contributed by atoms with Crippen LogP contribution in [0.25, 0.3) is 0 Å². The van der Waals surface area contributed by atoms with Gasteiger partial charge in [0.2, 0.25) is 11.8 Å². The molecule has 2 amide bonds. The Morgan fingerprint density at radius 2 is 1.75 bits per heavy atom. The van der Waals surface area contributed by atoms with Gasteiger partial charge in [-0.05, 0) is 25.1 Å². The summed E-state index contributed by atoms with van der Waals surface area (Å²) in [7, 11) is 0. The summed E-state index contributed by atoms with van der Waals surface area (Å²) in [6.07, 6.45) is 1.34. The van der Waals surface area contributed by atoms with Crippen LogP contribution in [0.3, 0.4) is 0 Å². The molecule has 2 bridgehead atoms. The van der Waals surface area contributed by atoms with Crippen molar-refractivity contribution in [3.05, 3.63) is 44.9 Å². The number of hydrogen-bond acceptors (Lipinski definition) is 9. The van der Waals surface area contributed by atoms with Gasteiger partial charge < -0.3 is 14.2 Å². The normalized spacial score (nSPS) is 30.1. The Morgan fingerprint density at radius 3 is 2.31 bits per heavy atom. The zero-order chi connectivity index (χ0) is 23.6. The standard InChI is InChI=1S/C20H17BrN2O9/c1-9(24)30-18(31-10(2)25)20-7-6-19(3,32-20)14-15(20)17(27)22(16(14)26)12-5-4-11(21)8-13(12)23(28)29/h4-8,14-15,18H,1-3H3. The van der Waals surface area contributed by atoms with E-state index in [2.05, 4.69) is 15.9 Å². The van der Waals surface area contributed by atoms with Crippen molar-refractivity contribution in [1.82, 2.24) is 0 Å². The van der Waals surface area contributed by atoms with Gasteiger partial charge in [-0.25, -0.2) is 4.90 Å². The van der Waals surface area contributed by atoms with Gasteiger partial charge in [-0.1, -0.05) is 22.0 Å². The van der Waals surface area contributed by atoms with Gasteiger partial charge in [0.1, 0.15) is 5.69 Å². The number of nitro groups is 1. The molecule has 0 radical (unpaired) electrons. The number of nitro benzene ring substituents is 1. The maximum absolute atomic E-state index is 13.5. The lowest BCUT2D eigenvalue weighted by Crippen LogP contribution is -2.52. The Labute approximate surface area is 189 Å². The van der Waals surface area contributed by atoms with Gasteiger partial charge in [0.05, 0.1) is 22.4 Å². The van der Waals surface area contributed by atoms with Crippen molar-refractivity contribution in [3.8, 4) is 0 Å². The van der Waals surface area contributed by atoms with E-state index < -0.39 is 63.7 Å². The Kier molecular flexibility index (Phi) is 4.97. The van der Waals surface area contributed by atoms with Crippen molar-refractivity contribution < 1.29 is 38.3 Å². The molecular formula is C20H17BrN2O9. The lowest BCUT2D eigenvalue weighted by atomic mass is 9.72. The molecular weight excluding hydrogens is 492 g/mol. The SMILES string of the molecule is CC(=O)OC(OC(C)=O)C12C=CC(C)(O1)C1C(=O)N(c3ccc(Br)cc3[N+](=O)[O-])C(=O)C12. The minimum Gasteiger partial charge on any atom is -0.422 e. The van der Waals surface area contributed by atoms with Crippen LogP contribution in [-0.4, -0.2) is 46.2 Å². The molecule has 2 fully saturated rings. The van der Waals surface area contributed by atoms with E-state index in [9.17, 15) is 29.3 Å². The second-order valence-corrected chi connectivity index (χ2v) is 8.80. The van der Waals surface area contributed by atoms with Gasteiger partial charge in [0.15, 0.2) is 5.60 Å². The van der Waals surface area contributed by atoms with Crippen LogP contribution in [0.15, 0.2) is 34.8 Å². The summed E-state index contributed by atoms with van der Waals surface area (Å²) < 4.78 is 16.8. The number of hydrogen-bond donors (Lipinski definition) is 0. The second kappa shape index (κ2) is 7.20. The molecule has 0 spiro atoms. The van der Waals surface area contributed by atoms with E-state index in [-0.39, 0.29) is 5.69 Å². The highest BCUT2D eigenvalue weighted by atomic mass is 79.9. The molecule has 4 atom stereocenters. The van der Waals surface area contributed by atoms with Gasteiger partial charge in [0.25, 0.3) is 12.0 Å². The summed E-state index contributed by atoms with van der Waals surface area (Å²) in [4.78, 5) is 62.0. The predicted octanol–water partition coefficient (Wildman–Crippen LogP) is 2.01. The van der Waals surface area contributed by atoms with E-state index in [1.54, 1.807) is 13.0 Å². The smallest absolute Gasteiger partial charge is 0.305 e. The van der Waals surface area contributed by atoms with Crippen molar-refractivity contribution in [2.24, 2.45) is 11.8 Å². The summed E-state index contributed by atoms with van der Waals surface area (Å²) in [6.45, 7) is 3.76. The lowest BCUT2D eigenvalue weighted by Gasteiger charge is -2.34. The Morgan fingerprint density at radius 1 is 1.16 bits per heavy atom. The molecule has 12 heteroatoms. The molecule has 2 saturated heterocycles. The Hall–Kier alpha value is -3.12. The number of anilines is 1. The molecule has 0 aromatic heterocycles. The van der Waals surface area contributed by atoms with E-state index >= 15 is 0 Å². The minimum absolute atomic E-state index is 0.197. The van der Waals surface area contributed by atoms with Crippen LogP contribution < -0.4 is 4.90 Å². The molecule has 11 nitrogen and oxygen atoms in total. The third-order valence-corrected chi connectivity index (χ3v) is 6.26. The van der Waals surface area contributed by atoms with E-state index in [4.69, 9.17) is 14.2 Å². The average molecular weight is 509 g/mol. The number of carbonyl (C=O) groups excluding carboxylic acids is 4. The highest BCUT2D eigenvalue weighted by molar-refractivity contribution is 9.10. The van der Waals surface area contributed by atoms with Crippen LogP contribution in [0.1, 0.15) is 20.8 Å². The first-order valence-corrected chi connectivity index (χ1v) is 10.3. The Bertz CT molecular complexity index is 1100. The first-order chi connectivity index (χ1) is 14.9. The second-order valence-electron chi connectivity index (χ2n) is 7.88. The number of carbonyl (C=O) groups is 4. The number of halogens is 1. The molecule has 0 aliphatic carbocycles. The highest BCUT2D eigenvalue weighted by Gasteiger charge is 2.76. The third kappa shape index (κ3) is 3.05. The fourth-order valence-corrected chi connectivity index (χ4v) is 4.98. The van der Waals surface area contributed by atoms with Crippen LogP contribution in [0, 0.1) is 22.0 Å². The zero-order valence-electron chi connectivity index (χ0n) is 17.1. The van der Waals surface area contributed by atoms with Crippen molar-refractivity contribution in [1.29, 1.82) is 0 Å². The van der Waals surface area contributed by atoms with Gasteiger partial charge >= 0.3 is 11.9 Å². The number of benzene rings is 1. The number of fused-ring (bicyclic) bond motifs is 5. The van der Waals surface area contributed by atoms with E-state index in [1.807, 2.05) is 0 Å². The molecule has 3 aliphatic rings. The molecule has 32 heavy (non-hydrogen) atoms. The summed E-state index contributed by atoms with van der Waals surface area (Å²) in [6, 6.07) is 3.95. The molecule has 1 aromatic carbocycles. The zero-order valence-corrected chi connectivity index (χ0v) is 18.7. The van der Waals surface area contributed by atoms with Gasteiger partial charge in [-0.15, -0.1) is 0 Å². The molecule has 3 heterocycles. The molecule has 0 N–H and O–H groups in total. The van der Waals surface area contributed by atoms with Crippen molar-refractivity contribution >= 4 is 51.1 Å². The molecule has 3 aliphatic heterocycles. The van der Waals surface area contributed by atoms with E-state index in [1.165, 1.54) is 24.3 Å². The van der Waals surface area contributed by atoms with Crippen LogP contribution in [0.2, 0.25) is 0 Å². The number of nitrogens with zero attached hydrogens (tertiary/aromatic N) is 2. The lowest BCUT2D eigenvalue weighted by molar-refractivity contribution is -0.384. The monoisotopic (exact) mass is 508 g/mol. The average Bonchev–Trinajstić information content (AvgIpc) is 3.27. The van der Waals surface area contributed by atoms with Crippen molar-refractivity contribution in [2.45, 2.75) is 38.3 Å². The maximum Gasteiger partial charge on any atom is 0.305 e. The van der Waals surface area contributed by atoms with Crippen LogP contribution in [0.4, 0.5) is 11.4 Å². The fourth-order valence-electron chi connectivity index (χ4n) is 4.63. The topological polar surface area (TPSA) is 142 Å². The van der Waals surface area contributed by atoms with Crippen molar-refractivity contribution in [3.63, 3.8) is 0 Å². The molecule has 0 saturated carbocycles. The largest absolute Gasteiger partial charge is 0.422 e. The first kappa shape index (κ1) is 22.1. The number of ether oxygens (including phenoxy) is 3. The molecule has 4 rings (SSSR count). The van der Waals surface area contributed by atoms with Gasteiger partial charge in [-0.3, -0.25) is 29.3 Å². The fraction of sp³-hybridized carbons (Fsp3) is 0.400. The predicted molar refractivity (Wildman–Crippen MR) is 109 cm³/mol. The van der Waals surface area contributed by atoms with E-state index in [0.717, 1.165) is 18.7 Å². The summed E-state index contributed by atoms with van der Waals surface area (Å²) in [5.74, 6) is -5.39. The van der Waals surface area contributed by atoms with Gasteiger partial charge in [-0.2, -0.15) is 0 Å². The number of imide groups is 1. The van der Waals surface area contributed by atoms with Crippen LogP contribution in [0.5, 0.6) is 0 Å². The summed E-state index contributed by atoms with van der Waals surface area (Å²) >= 11 is 3.14. The van der Waals surface area contributed by atoms with Crippen LogP contribution >= 0.6 is 15.9 Å². The number of amides is 2. The quantitative estimate of drug-likeness (QED) is 0.145. The van der Waals surface area contributed by atoms with Gasteiger partial charge in [0, 0.05) is 24.4 Å². The molecule has 1 aromatic rings. The number of esters is 2. The van der Waals surface area contributed by atoms with E-state index in [0.29, 0.717) is 4.47 Å². The maximum atomic E-state index is 13.5. The minimum atomic E-state index is -1.76. The number of rotatable bonds is 5. The van der Waals surface area contributed by atoms with Crippen molar-refractivity contribution in [2.75, 3.05) is 4.90 Å².